The first-order valence-electron chi connectivity index (χ1n) is 7.68. The first-order valence-corrected chi connectivity index (χ1v) is 9.41. The molecule has 0 aliphatic carbocycles. The van der Waals surface area contributed by atoms with Crippen LogP contribution in [-0.4, -0.2) is 28.6 Å². The molecule has 1 aromatic carbocycles. The minimum absolute atomic E-state index is 0.166. The molecule has 8 heteroatoms. The highest BCUT2D eigenvalue weighted by molar-refractivity contribution is 6.75. The van der Waals surface area contributed by atoms with Gasteiger partial charge in [0.25, 0.3) is 0 Å². The lowest BCUT2D eigenvalue weighted by atomic mass is 10.3. The molecule has 0 aromatic heterocycles. The van der Waals surface area contributed by atoms with E-state index >= 15 is 0 Å². The van der Waals surface area contributed by atoms with Crippen LogP contribution in [0.1, 0.15) is 40.0 Å². The predicted molar refractivity (Wildman–Crippen MR) is 80.4 cm³/mol. The van der Waals surface area contributed by atoms with Crippen LogP contribution in [0.4, 0.5) is 17.6 Å². The molecule has 0 bridgehead atoms. The summed E-state index contributed by atoms with van der Waals surface area (Å²) in [6.45, 7) is 5.96. The van der Waals surface area contributed by atoms with E-state index in [9.17, 15) is 17.6 Å². The van der Waals surface area contributed by atoms with Gasteiger partial charge in [-0.15, -0.1) is 0 Å². The van der Waals surface area contributed by atoms with Gasteiger partial charge >= 0.3 is 8.80 Å². The first kappa shape index (κ1) is 20.1. The molecule has 0 saturated carbocycles. The van der Waals surface area contributed by atoms with Crippen LogP contribution >= 0.6 is 0 Å². The van der Waals surface area contributed by atoms with Gasteiger partial charge in [0.1, 0.15) is 0 Å². The summed E-state index contributed by atoms with van der Waals surface area (Å²) < 4.78 is 71.5. The summed E-state index contributed by atoms with van der Waals surface area (Å²) in [7, 11) is -3.89. The maximum absolute atomic E-state index is 14.2. The minimum Gasteiger partial charge on any atom is -0.370 e. The summed E-state index contributed by atoms with van der Waals surface area (Å²) in [5.74, 6) is -6.79. The zero-order chi connectivity index (χ0) is 17.5. The fourth-order valence-electron chi connectivity index (χ4n) is 1.86. The van der Waals surface area contributed by atoms with Crippen LogP contribution in [0.25, 0.3) is 0 Å². The second-order valence-corrected chi connectivity index (χ2v) is 7.47. The van der Waals surface area contributed by atoms with Gasteiger partial charge in [0.15, 0.2) is 23.3 Å². The van der Waals surface area contributed by atoms with Gasteiger partial charge in [-0.3, -0.25) is 0 Å². The third kappa shape index (κ3) is 4.76. The zero-order valence-corrected chi connectivity index (χ0v) is 14.6. The number of hydrogen-bond donors (Lipinski definition) is 0. The van der Waals surface area contributed by atoms with Crippen LogP contribution in [-0.2, 0) is 13.3 Å². The molecule has 23 heavy (non-hydrogen) atoms. The molecule has 0 fully saturated rings. The van der Waals surface area contributed by atoms with Crippen LogP contribution < -0.4 is 5.19 Å². The molecular formula is C15H22F4O3Si. The van der Waals surface area contributed by atoms with Gasteiger partial charge in [-0.2, -0.15) is 0 Å². The standard InChI is InChI=1S/C15H22F4O3Si/c1-4-7-20-23(21-8-5-2,22-9-6-3)12-10-11(16)13(17)15(19)14(12)18/h10H,4-9H2,1-3H3. The monoisotopic (exact) mass is 354 g/mol. The smallest absolute Gasteiger partial charge is 0.370 e. The molecule has 0 saturated heterocycles. The number of halogens is 4. The van der Waals surface area contributed by atoms with Crippen molar-refractivity contribution >= 4 is 14.0 Å². The second kappa shape index (κ2) is 9.36. The van der Waals surface area contributed by atoms with Crippen molar-refractivity contribution in [1.82, 2.24) is 0 Å². The third-order valence-electron chi connectivity index (χ3n) is 2.92. The molecule has 1 aromatic rings. The van der Waals surface area contributed by atoms with E-state index in [1.54, 1.807) is 0 Å². The van der Waals surface area contributed by atoms with Crippen molar-refractivity contribution in [1.29, 1.82) is 0 Å². The van der Waals surface area contributed by atoms with Crippen molar-refractivity contribution in [2.24, 2.45) is 0 Å². The van der Waals surface area contributed by atoms with Gasteiger partial charge < -0.3 is 13.3 Å². The summed E-state index contributed by atoms with van der Waals surface area (Å²) in [5.41, 5.74) is 0. The number of benzene rings is 1. The third-order valence-corrected chi connectivity index (χ3v) is 5.70. The summed E-state index contributed by atoms with van der Waals surface area (Å²) in [6, 6.07) is 0.570. The summed E-state index contributed by atoms with van der Waals surface area (Å²) in [5, 5.41) is -0.510. The highest BCUT2D eigenvalue weighted by Gasteiger charge is 2.48. The average Bonchev–Trinajstić information content (AvgIpc) is 2.56. The van der Waals surface area contributed by atoms with E-state index in [0.717, 1.165) is 0 Å². The maximum Gasteiger partial charge on any atom is 0.540 e. The van der Waals surface area contributed by atoms with E-state index < -0.39 is 37.3 Å². The van der Waals surface area contributed by atoms with Crippen molar-refractivity contribution in [3.05, 3.63) is 29.3 Å². The summed E-state index contributed by atoms with van der Waals surface area (Å²) in [6.07, 6.45) is 1.73. The molecule has 0 heterocycles. The Balaban J connectivity index is 3.40. The molecule has 0 aliphatic heterocycles. The van der Waals surface area contributed by atoms with Gasteiger partial charge in [0, 0.05) is 19.8 Å². The van der Waals surface area contributed by atoms with Gasteiger partial charge in [0.2, 0.25) is 0 Å². The predicted octanol–water partition coefficient (Wildman–Crippen LogP) is 3.67. The normalized spacial score (nSPS) is 12.0. The second-order valence-electron chi connectivity index (χ2n) is 4.95. The zero-order valence-electron chi connectivity index (χ0n) is 13.6. The van der Waals surface area contributed by atoms with Crippen LogP contribution in [0.15, 0.2) is 6.07 Å². The molecule has 0 atom stereocenters. The van der Waals surface area contributed by atoms with Crippen molar-refractivity contribution in [3.63, 3.8) is 0 Å². The van der Waals surface area contributed by atoms with Gasteiger partial charge in [-0.05, 0) is 25.3 Å². The Labute approximate surface area is 134 Å². The van der Waals surface area contributed by atoms with Crippen molar-refractivity contribution in [2.75, 3.05) is 19.8 Å². The van der Waals surface area contributed by atoms with Crippen LogP contribution in [0.2, 0.25) is 0 Å². The largest absolute Gasteiger partial charge is 0.540 e. The Morgan fingerprint density at radius 2 is 1.17 bits per heavy atom. The Morgan fingerprint density at radius 1 is 0.739 bits per heavy atom. The number of hydrogen-bond acceptors (Lipinski definition) is 3. The van der Waals surface area contributed by atoms with E-state index in [4.69, 9.17) is 13.3 Å². The van der Waals surface area contributed by atoms with Crippen LogP contribution in [0, 0.1) is 23.3 Å². The van der Waals surface area contributed by atoms with E-state index in [1.807, 2.05) is 20.8 Å². The Morgan fingerprint density at radius 3 is 1.57 bits per heavy atom. The fourth-order valence-corrected chi connectivity index (χ4v) is 4.68. The Bertz CT molecular complexity index is 492. The lowest BCUT2D eigenvalue weighted by Crippen LogP contribution is -2.59. The van der Waals surface area contributed by atoms with E-state index in [1.165, 1.54) is 0 Å². The van der Waals surface area contributed by atoms with Crippen LogP contribution in [0.5, 0.6) is 0 Å². The van der Waals surface area contributed by atoms with Crippen molar-refractivity contribution in [3.8, 4) is 0 Å². The molecule has 0 spiro atoms. The molecule has 0 unspecified atom stereocenters. The Kier molecular flexibility index (Phi) is 8.17. The van der Waals surface area contributed by atoms with Gasteiger partial charge in [0.05, 0.1) is 5.19 Å². The van der Waals surface area contributed by atoms with E-state index in [-0.39, 0.29) is 19.8 Å². The highest BCUT2D eigenvalue weighted by Crippen LogP contribution is 2.20. The molecule has 0 amide bonds. The molecule has 1 rings (SSSR count). The molecule has 132 valence electrons. The SMILES string of the molecule is CCCO[Si](OCCC)(OCCC)c1cc(F)c(F)c(F)c1F. The highest BCUT2D eigenvalue weighted by atomic mass is 28.4. The summed E-state index contributed by atoms with van der Waals surface area (Å²) in [4.78, 5) is 0. The molecule has 0 radical (unpaired) electrons. The fraction of sp³-hybridized carbons (Fsp3) is 0.600. The summed E-state index contributed by atoms with van der Waals surface area (Å²) >= 11 is 0. The Hall–Kier alpha value is -0.963. The first-order chi connectivity index (χ1) is 10.9. The maximum atomic E-state index is 14.2. The van der Waals surface area contributed by atoms with Gasteiger partial charge in [-0.25, -0.2) is 17.6 Å². The van der Waals surface area contributed by atoms with Crippen molar-refractivity contribution in [2.45, 2.75) is 40.0 Å². The van der Waals surface area contributed by atoms with Crippen LogP contribution in [0.3, 0.4) is 0 Å². The molecule has 3 nitrogen and oxygen atoms in total. The lowest BCUT2D eigenvalue weighted by molar-refractivity contribution is 0.0722. The van der Waals surface area contributed by atoms with E-state index in [0.29, 0.717) is 25.3 Å². The lowest BCUT2D eigenvalue weighted by Gasteiger charge is -2.30. The van der Waals surface area contributed by atoms with E-state index in [2.05, 4.69) is 0 Å². The average molecular weight is 354 g/mol. The molecular weight excluding hydrogens is 332 g/mol. The van der Waals surface area contributed by atoms with Crippen molar-refractivity contribution < 1.29 is 30.8 Å². The topological polar surface area (TPSA) is 27.7 Å². The minimum atomic E-state index is -3.89. The number of rotatable bonds is 10. The quantitative estimate of drug-likeness (QED) is 0.278. The molecule has 0 aliphatic rings. The molecule has 0 N–H and O–H groups in total. The van der Waals surface area contributed by atoms with Gasteiger partial charge in [-0.1, -0.05) is 20.8 Å².